The number of para-hydroxylation sites is 1. The molecule has 0 saturated carbocycles. The first-order chi connectivity index (χ1) is 11.8. The van der Waals surface area contributed by atoms with Gasteiger partial charge in [-0.3, -0.25) is 0 Å². The van der Waals surface area contributed by atoms with Crippen LogP contribution < -0.4 is 10.1 Å². The predicted octanol–water partition coefficient (Wildman–Crippen LogP) is 2.54. The van der Waals surface area contributed by atoms with E-state index in [0.29, 0.717) is 5.92 Å². The lowest BCUT2D eigenvalue weighted by Gasteiger charge is -2.25. The number of anilines is 1. The molecule has 0 bridgehead atoms. The fourth-order valence-corrected chi connectivity index (χ4v) is 2.93. The van der Waals surface area contributed by atoms with Crippen molar-refractivity contribution >= 4 is 5.82 Å². The highest BCUT2D eigenvalue weighted by Crippen LogP contribution is 2.26. The van der Waals surface area contributed by atoms with Crippen molar-refractivity contribution < 1.29 is 4.74 Å². The third-order valence-electron chi connectivity index (χ3n) is 4.24. The lowest BCUT2D eigenvalue weighted by atomic mass is 9.97. The highest BCUT2D eigenvalue weighted by Gasteiger charge is 2.19. The van der Waals surface area contributed by atoms with Crippen LogP contribution in [-0.4, -0.2) is 32.9 Å². The highest BCUT2D eigenvalue weighted by molar-refractivity contribution is 5.51. The second-order valence-corrected chi connectivity index (χ2v) is 6.04. The summed E-state index contributed by atoms with van der Waals surface area (Å²) < 4.78 is 7.74. The van der Waals surface area contributed by atoms with Crippen LogP contribution in [0.5, 0.6) is 5.75 Å². The fraction of sp³-hybridized carbons (Fsp3) is 0.278. The van der Waals surface area contributed by atoms with Gasteiger partial charge in [0.05, 0.1) is 6.61 Å². The zero-order chi connectivity index (χ0) is 16.4. The van der Waals surface area contributed by atoms with Crippen molar-refractivity contribution in [3.63, 3.8) is 0 Å². The number of ether oxygens (including phenoxy) is 1. The number of nitrogens with one attached hydrogen (secondary N) is 1. The molecule has 0 amide bonds. The summed E-state index contributed by atoms with van der Waals surface area (Å²) in [6, 6.07) is 12.1. The zero-order valence-corrected chi connectivity index (χ0v) is 13.5. The molecule has 4 rings (SSSR count). The Morgan fingerprint density at radius 2 is 2.12 bits per heavy atom. The standard InChI is InChI=1S/C18H19N5O/c1-23-9-8-19-18(23)15-6-7-17(22-21-15)20-11-13-10-14-4-2-3-5-16(14)24-12-13/h2-9,13H,10-12H2,1H3,(H,20,22). The maximum Gasteiger partial charge on any atom is 0.160 e. The number of aryl methyl sites for hydroxylation is 1. The molecule has 1 atom stereocenters. The molecule has 1 unspecified atom stereocenters. The van der Waals surface area contributed by atoms with Crippen LogP contribution in [-0.2, 0) is 13.5 Å². The van der Waals surface area contributed by atoms with E-state index in [1.54, 1.807) is 6.20 Å². The van der Waals surface area contributed by atoms with Crippen molar-refractivity contribution in [3.05, 3.63) is 54.4 Å². The van der Waals surface area contributed by atoms with Gasteiger partial charge in [-0.1, -0.05) is 18.2 Å². The van der Waals surface area contributed by atoms with Gasteiger partial charge in [0.2, 0.25) is 0 Å². The molecule has 3 aromatic rings. The minimum absolute atomic E-state index is 0.427. The largest absolute Gasteiger partial charge is 0.493 e. The van der Waals surface area contributed by atoms with Crippen molar-refractivity contribution in [3.8, 4) is 17.3 Å². The van der Waals surface area contributed by atoms with E-state index < -0.39 is 0 Å². The molecule has 0 radical (unpaired) electrons. The summed E-state index contributed by atoms with van der Waals surface area (Å²) in [5, 5.41) is 11.9. The van der Waals surface area contributed by atoms with Crippen LogP contribution in [0, 0.1) is 5.92 Å². The minimum Gasteiger partial charge on any atom is -0.493 e. The number of nitrogens with zero attached hydrogens (tertiary/aromatic N) is 4. The molecule has 3 heterocycles. The molecule has 0 saturated heterocycles. The van der Waals surface area contributed by atoms with E-state index in [-0.39, 0.29) is 0 Å². The van der Waals surface area contributed by atoms with Crippen molar-refractivity contribution in [2.75, 3.05) is 18.5 Å². The normalized spacial score (nSPS) is 16.3. The second kappa shape index (κ2) is 6.31. The monoisotopic (exact) mass is 321 g/mol. The lowest BCUT2D eigenvalue weighted by Crippen LogP contribution is -2.27. The minimum atomic E-state index is 0.427. The maximum atomic E-state index is 5.82. The van der Waals surface area contributed by atoms with Crippen LogP contribution in [0.25, 0.3) is 11.5 Å². The SMILES string of the molecule is Cn1ccnc1-c1ccc(NCC2COc3ccccc3C2)nn1. The first-order valence-corrected chi connectivity index (χ1v) is 8.05. The molecule has 6 heteroatoms. The average molecular weight is 321 g/mol. The molecular weight excluding hydrogens is 302 g/mol. The van der Waals surface area contributed by atoms with Gasteiger partial charge in [-0.05, 0) is 30.2 Å². The van der Waals surface area contributed by atoms with Gasteiger partial charge in [0.25, 0.3) is 0 Å². The first kappa shape index (κ1) is 14.7. The molecule has 0 aliphatic carbocycles. The van der Waals surface area contributed by atoms with Crippen LogP contribution in [0.15, 0.2) is 48.8 Å². The molecule has 6 nitrogen and oxygen atoms in total. The van der Waals surface area contributed by atoms with Crippen LogP contribution in [0.4, 0.5) is 5.82 Å². The molecule has 0 fully saturated rings. The summed E-state index contributed by atoms with van der Waals surface area (Å²) in [7, 11) is 1.94. The Labute approximate surface area is 140 Å². The van der Waals surface area contributed by atoms with E-state index >= 15 is 0 Å². The summed E-state index contributed by atoms with van der Waals surface area (Å²) in [5.74, 6) is 3.02. The number of benzene rings is 1. The molecule has 1 N–H and O–H groups in total. The van der Waals surface area contributed by atoms with Crippen molar-refractivity contribution in [2.45, 2.75) is 6.42 Å². The van der Waals surface area contributed by atoms with Gasteiger partial charge in [0.1, 0.15) is 17.3 Å². The Morgan fingerprint density at radius 3 is 2.92 bits per heavy atom. The Hall–Kier alpha value is -2.89. The lowest BCUT2D eigenvalue weighted by molar-refractivity contribution is 0.229. The number of aromatic nitrogens is 4. The number of fused-ring (bicyclic) bond motifs is 1. The maximum absolute atomic E-state index is 5.82. The summed E-state index contributed by atoms with van der Waals surface area (Å²) in [6.07, 6.45) is 4.66. The predicted molar refractivity (Wildman–Crippen MR) is 91.9 cm³/mol. The Kier molecular flexibility index (Phi) is 3.86. The van der Waals surface area contributed by atoms with Gasteiger partial charge in [0.15, 0.2) is 5.82 Å². The Morgan fingerprint density at radius 1 is 1.21 bits per heavy atom. The van der Waals surface area contributed by atoms with Crippen molar-refractivity contribution in [1.82, 2.24) is 19.7 Å². The molecule has 1 aromatic carbocycles. The van der Waals surface area contributed by atoms with E-state index in [9.17, 15) is 0 Å². The molecule has 0 spiro atoms. The number of imidazole rings is 1. The molecule has 2 aromatic heterocycles. The molecular formula is C18H19N5O. The van der Waals surface area contributed by atoms with E-state index in [4.69, 9.17) is 4.74 Å². The molecule has 1 aliphatic rings. The first-order valence-electron chi connectivity index (χ1n) is 8.05. The number of rotatable bonds is 4. The zero-order valence-electron chi connectivity index (χ0n) is 13.5. The fourth-order valence-electron chi connectivity index (χ4n) is 2.93. The van der Waals surface area contributed by atoms with Crippen LogP contribution in [0.1, 0.15) is 5.56 Å². The average Bonchev–Trinajstić information content (AvgIpc) is 3.06. The summed E-state index contributed by atoms with van der Waals surface area (Å²) in [5.41, 5.74) is 2.04. The third-order valence-corrected chi connectivity index (χ3v) is 4.24. The summed E-state index contributed by atoms with van der Waals surface area (Å²) in [4.78, 5) is 4.28. The van der Waals surface area contributed by atoms with Crippen molar-refractivity contribution in [1.29, 1.82) is 0 Å². The molecule has 122 valence electrons. The quantitative estimate of drug-likeness (QED) is 0.800. The van der Waals surface area contributed by atoms with Gasteiger partial charge in [0, 0.05) is 31.9 Å². The number of hydrogen-bond acceptors (Lipinski definition) is 5. The van der Waals surface area contributed by atoms with Gasteiger partial charge in [-0.15, -0.1) is 10.2 Å². The van der Waals surface area contributed by atoms with Crippen LogP contribution in [0.2, 0.25) is 0 Å². The van der Waals surface area contributed by atoms with Gasteiger partial charge in [-0.2, -0.15) is 0 Å². The van der Waals surface area contributed by atoms with Gasteiger partial charge < -0.3 is 14.6 Å². The molecule has 24 heavy (non-hydrogen) atoms. The van der Waals surface area contributed by atoms with Crippen LogP contribution in [0.3, 0.4) is 0 Å². The van der Waals surface area contributed by atoms with Gasteiger partial charge >= 0.3 is 0 Å². The highest BCUT2D eigenvalue weighted by atomic mass is 16.5. The van der Waals surface area contributed by atoms with Gasteiger partial charge in [-0.25, -0.2) is 4.98 Å². The second-order valence-electron chi connectivity index (χ2n) is 6.04. The summed E-state index contributed by atoms with van der Waals surface area (Å²) >= 11 is 0. The Bertz CT molecular complexity index is 827. The Balaban J connectivity index is 1.38. The van der Waals surface area contributed by atoms with E-state index in [2.05, 4.69) is 32.6 Å². The third kappa shape index (κ3) is 2.95. The van der Waals surface area contributed by atoms with Crippen molar-refractivity contribution in [2.24, 2.45) is 13.0 Å². The van der Waals surface area contributed by atoms with E-state index in [1.165, 1.54) is 5.56 Å². The molecule has 1 aliphatic heterocycles. The topological polar surface area (TPSA) is 64.9 Å². The van der Waals surface area contributed by atoms with E-state index in [1.807, 2.05) is 42.1 Å². The smallest absolute Gasteiger partial charge is 0.160 e. The van der Waals surface area contributed by atoms with E-state index in [0.717, 1.165) is 42.7 Å². The summed E-state index contributed by atoms with van der Waals surface area (Å²) in [6.45, 7) is 1.54. The number of hydrogen-bond donors (Lipinski definition) is 1. The van der Waals surface area contributed by atoms with Crippen LogP contribution >= 0.6 is 0 Å².